The number of methoxy groups -OCH3 is 1. The number of amides is 1. The van der Waals surface area contributed by atoms with Crippen molar-refractivity contribution in [2.24, 2.45) is 0 Å². The van der Waals surface area contributed by atoms with E-state index in [0.717, 1.165) is 70.7 Å². The minimum absolute atomic E-state index is 0.0220. The SMILES string of the molecule is COc1ccc2c(c1)C1CC1(S(=O)(=O)N1C[C@@H]3CC1CN3C)Cn1c-2c(C2CCCCC2)c2ccc(C(=O)NS(=O)(=O)N(C)C)cc21. The number of piperazine rings is 1. The molecule has 0 radical (unpaired) electrons. The van der Waals surface area contributed by atoms with Crippen LogP contribution in [0.2, 0.25) is 0 Å². The summed E-state index contributed by atoms with van der Waals surface area (Å²) >= 11 is 0. The van der Waals surface area contributed by atoms with E-state index in [1.165, 1.54) is 26.1 Å². The van der Waals surface area contributed by atoms with Gasteiger partial charge < -0.3 is 14.2 Å². The van der Waals surface area contributed by atoms with E-state index in [2.05, 4.69) is 27.3 Å². The van der Waals surface area contributed by atoms with E-state index in [1.807, 2.05) is 18.2 Å². The molecule has 252 valence electrons. The van der Waals surface area contributed by atoms with Crippen LogP contribution in [0.3, 0.4) is 0 Å². The normalized spacial score (nSPS) is 27.8. The quantitative estimate of drug-likeness (QED) is 0.402. The van der Waals surface area contributed by atoms with Crippen LogP contribution in [0.5, 0.6) is 5.75 Å². The molecule has 1 aromatic heterocycles. The second-order valence-electron chi connectivity index (χ2n) is 14.5. The molecule has 4 heterocycles. The van der Waals surface area contributed by atoms with E-state index in [9.17, 15) is 21.6 Å². The third-order valence-corrected chi connectivity index (χ3v) is 15.8. The Hall–Kier alpha value is -2.97. The van der Waals surface area contributed by atoms with Crippen LogP contribution < -0.4 is 9.46 Å². The molecule has 1 N–H and O–H groups in total. The number of carbonyl (C=O) groups is 1. The first-order chi connectivity index (χ1) is 22.4. The van der Waals surface area contributed by atoms with Gasteiger partial charge >= 0.3 is 10.2 Å². The fourth-order valence-electron chi connectivity index (χ4n) is 9.06. The highest BCUT2D eigenvalue weighted by Gasteiger charge is 2.69. The molecule has 2 saturated carbocycles. The number of fused-ring (bicyclic) bond motifs is 9. The topological polar surface area (TPSA) is 121 Å². The molecule has 11 nitrogen and oxygen atoms in total. The molecule has 2 saturated heterocycles. The molecular weight excluding hydrogens is 639 g/mol. The Morgan fingerprint density at radius 2 is 1.77 bits per heavy atom. The summed E-state index contributed by atoms with van der Waals surface area (Å²) in [6.45, 7) is 1.52. The number of benzene rings is 2. The van der Waals surface area contributed by atoms with Gasteiger partial charge in [-0.3, -0.25) is 4.79 Å². The largest absolute Gasteiger partial charge is 0.497 e. The highest BCUT2D eigenvalue weighted by atomic mass is 32.2. The average Bonchev–Trinajstić information content (AvgIpc) is 3.31. The molecule has 8 rings (SSSR count). The fourth-order valence-corrected chi connectivity index (χ4v) is 12.1. The Morgan fingerprint density at radius 3 is 2.43 bits per heavy atom. The summed E-state index contributed by atoms with van der Waals surface area (Å²) in [7, 11) is -1.29. The fraction of sp³-hybridized carbons (Fsp3) is 0.559. The smallest absolute Gasteiger partial charge is 0.303 e. The van der Waals surface area contributed by atoms with E-state index in [0.29, 0.717) is 18.7 Å². The number of nitrogens with one attached hydrogen (secondary N) is 1. The van der Waals surface area contributed by atoms with Crippen molar-refractivity contribution >= 4 is 37.0 Å². The Balaban J connectivity index is 1.34. The van der Waals surface area contributed by atoms with E-state index < -0.39 is 30.9 Å². The molecule has 13 heteroatoms. The number of likely N-dealkylation sites (tertiary alicyclic amines) is 1. The maximum atomic E-state index is 14.9. The lowest BCUT2D eigenvalue weighted by molar-refractivity contribution is 0.0979. The molecule has 4 atom stereocenters. The van der Waals surface area contributed by atoms with Gasteiger partial charge in [0.2, 0.25) is 10.0 Å². The molecule has 1 amide bonds. The van der Waals surface area contributed by atoms with Crippen molar-refractivity contribution in [3.63, 3.8) is 0 Å². The minimum Gasteiger partial charge on any atom is -0.497 e. The van der Waals surface area contributed by atoms with Crippen LogP contribution in [-0.2, 0) is 26.8 Å². The molecule has 2 aliphatic carbocycles. The molecule has 3 aliphatic heterocycles. The van der Waals surface area contributed by atoms with Crippen LogP contribution in [0, 0.1) is 0 Å². The van der Waals surface area contributed by atoms with Crippen molar-refractivity contribution in [3.05, 3.63) is 53.1 Å². The summed E-state index contributed by atoms with van der Waals surface area (Å²) in [4.78, 5) is 15.6. The van der Waals surface area contributed by atoms with Crippen molar-refractivity contribution < 1.29 is 26.4 Å². The van der Waals surface area contributed by atoms with Gasteiger partial charge in [-0.05, 0) is 80.1 Å². The number of carbonyl (C=O) groups excluding carboxylic acids is 1. The van der Waals surface area contributed by atoms with Crippen molar-refractivity contribution in [3.8, 4) is 17.0 Å². The van der Waals surface area contributed by atoms with Crippen LogP contribution >= 0.6 is 0 Å². The molecule has 47 heavy (non-hydrogen) atoms. The standard InChI is InChI=1S/C34H43N5O6S2/c1-36(2)47(43,44)35-33(40)22-10-12-27-30(14-22)38-20-34(46(41,42)39-19-23-15-24(39)18-37(23)3)17-29(34)28-16-25(45-4)11-13-26(28)32(38)31(27)21-8-6-5-7-9-21/h10-14,16,21,23-24,29H,5-9,15,17-20H2,1-4H3,(H,35,40)/t23-,24?,29?,34?/m0/s1. The van der Waals surface area contributed by atoms with Crippen LogP contribution in [0.15, 0.2) is 36.4 Å². The van der Waals surface area contributed by atoms with Gasteiger partial charge in [-0.1, -0.05) is 25.3 Å². The van der Waals surface area contributed by atoms with Crippen LogP contribution in [0.4, 0.5) is 0 Å². The number of hydrogen-bond acceptors (Lipinski definition) is 7. The molecule has 2 bridgehead atoms. The zero-order valence-corrected chi connectivity index (χ0v) is 29.0. The van der Waals surface area contributed by atoms with Crippen LogP contribution in [-0.4, -0.2) is 99.0 Å². The van der Waals surface area contributed by atoms with Crippen molar-refractivity contribution in [1.29, 1.82) is 0 Å². The van der Waals surface area contributed by atoms with Gasteiger partial charge in [-0.2, -0.15) is 17.0 Å². The van der Waals surface area contributed by atoms with Gasteiger partial charge in [0.25, 0.3) is 5.91 Å². The molecular formula is C34H43N5O6S2. The highest BCUT2D eigenvalue weighted by molar-refractivity contribution is 7.91. The van der Waals surface area contributed by atoms with Gasteiger partial charge in [-0.15, -0.1) is 0 Å². The second kappa shape index (κ2) is 10.8. The number of hydrogen-bond donors (Lipinski definition) is 1. The third-order valence-electron chi connectivity index (χ3n) is 11.7. The average molecular weight is 682 g/mol. The zero-order chi connectivity index (χ0) is 33.0. The van der Waals surface area contributed by atoms with Crippen LogP contribution in [0.1, 0.15) is 78.3 Å². The van der Waals surface area contributed by atoms with E-state index >= 15 is 0 Å². The number of sulfonamides is 1. The molecule has 3 unspecified atom stereocenters. The van der Waals surface area contributed by atoms with Crippen molar-refractivity contribution in [2.45, 2.75) is 80.2 Å². The Kier molecular flexibility index (Phi) is 7.17. The summed E-state index contributed by atoms with van der Waals surface area (Å²) in [5.41, 5.74) is 5.22. The molecule has 3 aromatic rings. The Bertz CT molecular complexity index is 2020. The number of rotatable bonds is 7. The minimum atomic E-state index is -4.00. The maximum absolute atomic E-state index is 14.9. The molecule has 4 fully saturated rings. The molecule has 2 aromatic carbocycles. The third kappa shape index (κ3) is 4.63. The Labute approximate surface area is 277 Å². The first-order valence-corrected chi connectivity index (χ1v) is 19.5. The number of ether oxygens (including phenoxy) is 1. The zero-order valence-electron chi connectivity index (χ0n) is 27.4. The lowest BCUT2D eigenvalue weighted by Crippen LogP contribution is -2.52. The first kappa shape index (κ1) is 31.3. The lowest BCUT2D eigenvalue weighted by atomic mass is 9.81. The first-order valence-electron chi connectivity index (χ1n) is 16.7. The monoisotopic (exact) mass is 681 g/mol. The van der Waals surface area contributed by atoms with Gasteiger partial charge in [0.05, 0.1) is 12.8 Å². The predicted molar refractivity (Wildman–Crippen MR) is 180 cm³/mol. The van der Waals surface area contributed by atoms with Crippen molar-refractivity contribution in [1.82, 2.24) is 22.8 Å². The highest BCUT2D eigenvalue weighted by Crippen LogP contribution is 2.64. The summed E-state index contributed by atoms with van der Waals surface area (Å²) in [6.07, 6.45) is 6.90. The summed E-state index contributed by atoms with van der Waals surface area (Å²) in [5.74, 6) is 0.0741. The second-order valence-corrected chi connectivity index (χ2v) is 18.6. The van der Waals surface area contributed by atoms with E-state index in [1.54, 1.807) is 23.5 Å². The summed E-state index contributed by atoms with van der Waals surface area (Å²) in [5, 5.41) is 0.995. The number of likely N-dealkylation sites (N-methyl/N-ethyl adjacent to an activating group) is 1. The summed E-state index contributed by atoms with van der Waals surface area (Å²) in [6, 6.07) is 11.7. The lowest BCUT2D eigenvalue weighted by Gasteiger charge is -2.34. The van der Waals surface area contributed by atoms with Gasteiger partial charge in [0.1, 0.15) is 10.5 Å². The van der Waals surface area contributed by atoms with E-state index in [4.69, 9.17) is 4.74 Å². The van der Waals surface area contributed by atoms with Gasteiger partial charge in [-0.25, -0.2) is 13.1 Å². The predicted octanol–water partition coefficient (Wildman–Crippen LogP) is 3.86. The number of nitrogens with zero attached hydrogens (tertiary/aromatic N) is 4. The van der Waals surface area contributed by atoms with E-state index in [-0.39, 0.29) is 36.0 Å². The van der Waals surface area contributed by atoms with Gasteiger partial charge in [0, 0.05) is 73.8 Å². The maximum Gasteiger partial charge on any atom is 0.303 e. The number of aromatic nitrogens is 1. The molecule has 0 spiro atoms. The summed E-state index contributed by atoms with van der Waals surface area (Å²) < 4.78 is 66.7. The van der Waals surface area contributed by atoms with Gasteiger partial charge in [0.15, 0.2) is 0 Å². The van der Waals surface area contributed by atoms with Crippen molar-refractivity contribution in [2.75, 3.05) is 41.3 Å². The Morgan fingerprint density at radius 1 is 1.00 bits per heavy atom. The van der Waals surface area contributed by atoms with Crippen LogP contribution in [0.25, 0.3) is 22.2 Å². The molecule has 5 aliphatic rings.